The molecule has 0 unspecified atom stereocenters. The number of nitrogens with zero attached hydrogens (tertiary/aromatic N) is 2. The standard InChI is InChI=1S/C17H21N3O2S/c1-12(2)16(21)18-14-5-3-13(4-6-14)15-11-23-17(19-15)20-7-9-22-10-8-20/h3-6,11-12H,7-10H2,1-2H3,(H,18,21). The van der Waals surface area contributed by atoms with E-state index in [-0.39, 0.29) is 11.8 Å². The molecule has 23 heavy (non-hydrogen) atoms. The van der Waals surface area contributed by atoms with Crippen LogP contribution in [0, 0.1) is 5.92 Å². The second-order valence-corrected chi connectivity index (χ2v) is 6.67. The lowest BCUT2D eigenvalue weighted by Crippen LogP contribution is -2.36. The molecule has 0 spiro atoms. The molecular formula is C17H21N3O2S. The van der Waals surface area contributed by atoms with Crippen LogP contribution in [0.25, 0.3) is 11.3 Å². The van der Waals surface area contributed by atoms with Crippen molar-refractivity contribution in [2.24, 2.45) is 5.92 Å². The van der Waals surface area contributed by atoms with Gasteiger partial charge in [-0.25, -0.2) is 4.98 Å². The van der Waals surface area contributed by atoms with Gasteiger partial charge >= 0.3 is 0 Å². The summed E-state index contributed by atoms with van der Waals surface area (Å²) in [5.41, 5.74) is 2.85. The number of thiazole rings is 1. The largest absolute Gasteiger partial charge is 0.378 e. The van der Waals surface area contributed by atoms with Gasteiger partial charge in [0.05, 0.1) is 18.9 Å². The average Bonchev–Trinajstić information content (AvgIpc) is 3.06. The Labute approximate surface area is 140 Å². The second kappa shape index (κ2) is 7.10. The fourth-order valence-electron chi connectivity index (χ4n) is 2.31. The van der Waals surface area contributed by atoms with E-state index in [1.807, 2.05) is 38.1 Å². The number of amides is 1. The fraction of sp³-hybridized carbons (Fsp3) is 0.412. The summed E-state index contributed by atoms with van der Waals surface area (Å²) in [5, 5.41) is 6.02. The van der Waals surface area contributed by atoms with E-state index in [2.05, 4.69) is 15.6 Å². The predicted octanol–water partition coefficient (Wildman–Crippen LogP) is 3.24. The monoisotopic (exact) mass is 331 g/mol. The molecule has 122 valence electrons. The Balaban J connectivity index is 1.70. The Morgan fingerprint density at radius 2 is 1.96 bits per heavy atom. The number of morpholine rings is 1. The summed E-state index contributed by atoms with van der Waals surface area (Å²) in [6, 6.07) is 7.83. The molecule has 0 atom stereocenters. The number of benzene rings is 1. The number of rotatable bonds is 4. The average molecular weight is 331 g/mol. The van der Waals surface area contributed by atoms with Gasteiger partial charge in [0, 0.05) is 35.6 Å². The van der Waals surface area contributed by atoms with Crippen LogP contribution in [-0.4, -0.2) is 37.2 Å². The van der Waals surface area contributed by atoms with E-state index in [4.69, 9.17) is 9.72 Å². The van der Waals surface area contributed by atoms with Crippen molar-refractivity contribution in [1.82, 2.24) is 4.98 Å². The third-order valence-corrected chi connectivity index (χ3v) is 4.65. The maximum atomic E-state index is 11.7. The molecule has 1 aliphatic heterocycles. The molecule has 1 N–H and O–H groups in total. The summed E-state index contributed by atoms with van der Waals surface area (Å²) < 4.78 is 5.37. The van der Waals surface area contributed by atoms with Crippen LogP contribution in [0.15, 0.2) is 29.6 Å². The maximum Gasteiger partial charge on any atom is 0.226 e. The van der Waals surface area contributed by atoms with Crippen LogP contribution in [0.3, 0.4) is 0 Å². The first-order valence-electron chi connectivity index (χ1n) is 7.83. The van der Waals surface area contributed by atoms with E-state index < -0.39 is 0 Å². The van der Waals surface area contributed by atoms with Crippen molar-refractivity contribution in [2.75, 3.05) is 36.5 Å². The van der Waals surface area contributed by atoms with E-state index in [9.17, 15) is 4.79 Å². The Morgan fingerprint density at radius 3 is 2.61 bits per heavy atom. The summed E-state index contributed by atoms with van der Waals surface area (Å²) in [7, 11) is 0. The minimum Gasteiger partial charge on any atom is -0.378 e. The first kappa shape index (κ1) is 16.0. The van der Waals surface area contributed by atoms with Crippen molar-refractivity contribution < 1.29 is 9.53 Å². The van der Waals surface area contributed by atoms with Gasteiger partial charge in [0.15, 0.2) is 5.13 Å². The Hall–Kier alpha value is -1.92. The lowest BCUT2D eigenvalue weighted by Gasteiger charge is -2.26. The highest BCUT2D eigenvalue weighted by molar-refractivity contribution is 7.14. The zero-order valence-electron chi connectivity index (χ0n) is 13.4. The number of carbonyl (C=O) groups is 1. The molecule has 3 rings (SSSR count). The van der Waals surface area contributed by atoms with E-state index in [1.54, 1.807) is 11.3 Å². The predicted molar refractivity (Wildman–Crippen MR) is 94.0 cm³/mol. The highest BCUT2D eigenvalue weighted by Gasteiger charge is 2.15. The van der Waals surface area contributed by atoms with Gasteiger partial charge in [-0.05, 0) is 12.1 Å². The number of nitrogens with one attached hydrogen (secondary N) is 1. The van der Waals surface area contributed by atoms with Gasteiger partial charge in [0.1, 0.15) is 0 Å². The van der Waals surface area contributed by atoms with Gasteiger partial charge in [0.2, 0.25) is 5.91 Å². The fourth-order valence-corrected chi connectivity index (χ4v) is 3.20. The van der Waals surface area contributed by atoms with Crippen LogP contribution >= 0.6 is 11.3 Å². The zero-order chi connectivity index (χ0) is 16.2. The topological polar surface area (TPSA) is 54.5 Å². The number of ether oxygens (including phenoxy) is 1. The van der Waals surface area contributed by atoms with Crippen LogP contribution < -0.4 is 10.2 Å². The molecule has 1 amide bonds. The smallest absolute Gasteiger partial charge is 0.226 e. The molecule has 0 radical (unpaired) electrons. The highest BCUT2D eigenvalue weighted by Crippen LogP contribution is 2.28. The highest BCUT2D eigenvalue weighted by atomic mass is 32.1. The van der Waals surface area contributed by atoms with Gasteiger partial charge in [-0.3, -0.25) is 4.79 Å². The SMILES string of the molecule is CC(C)C(=O)Nc1ccc(-c2csc(N3CCOCC3)n2)cc1. The van der Waals surface area contributed by atoms with Crippen molar-refractivity contribution in [3.63, 3.8) is 0 Å². The van der Waals surface area contributed by atoms with Crippen LogP contribution in [-0.2, 0) is 9.53 Å². The van der Waals surface area contributed by atoms with Gasteiger partial charge in [-0.15, -0.1) is 11.3 Å². The minimum atomic E-state index is -0.0238. The van der Waals surface area contributed by atoms with Gasteiger partial charge in [0.25, 0.3) is 0 Å². The molecule has 1 fully saturated rings. The number of hydrogen-bond donors (Lipinski definition) is 1. The van der Waals surface area contributed by atoms with Gasteiger partial charge < -0.3 is 15.0 Å². The van der Waals surface area contributed by atoms with Crippen molar-refractivity contribution in [1.29, 1.82) is 0 Å². The number of anilines is 2. The first-order valence-corrected chi connectivity index (χ1v) is 8.71. The molecule has 1 aromatic carbocycles. The maximum absolute atomic E-state index is 11.7. The molecule has 0 aliphatic carbocycles. The number of hydrogen-bond acceptors (Lipinski definition) is 5. The lowest BCUT2D eigenvalue weighted by molar-refractivity contribution is -0.118. The normalized spacial score (nSPS) is 15.0. The van der Waals surface area contributed by atoms with Gasteiger partial charge in [-0.2, -0.15) is 0 Å². The van der Waals surface area contributed by atoms with Crippen molar-refractivity contribution in [2.45, 2.75) is 13.8 Å². The number of aromatic nitrogens is 1. The molecule has 1 aromatic heterocycles. The molecular weight excluding hydrogens is 310 g/mol. The molecule has 2 heterocycles. The molecule has 1 saturated heterocycles. The molecule has 0 saturated carbocycles. The van der Waals surface area contributed by atoms with Crippen molar-refractivity contribution >= 4 is 28.1 Å². The van der Waals surface area contributed by atoms with E-state index in [0.717, 1.165) is 48.4 Å². The number of carbonyl (C=O) groups excluding carboxylic acids is 1. The molecule has 1 aliphatic rings. The summed E-state index contributed by atoms with van der Waals surface area (Å²) in [5.74, 6) is 0.00492. The Bertz CT molecular complexity index is 661. The van der Waals surface area contributed by atoms with E-state index in [1.165, 1.54) is 0 Å². The molecule has 6 heteroatoms. The van der Waals surface area contributed by atoms with Crippen molar-refractivity contribution in [3.8, 4) is 11.3 Å². The van der Waals surface area contributed by atoms with E-state index >= 15 is 0 Å². The third-order valence-electron chi connectivity index (χ3n) is 3.75. The molecule has 0 bridgehead atoms. The minimum absolute atomic E-state index is 0.0238. The first-order chi connectivity index (χ1) is 11.1. The molecule has 2 aromatic rings. The summed E-state index contributed by atoms with van der Waals surface area (Å²) >= 11 is 1.66. The zero-order valence-corrected chi connectivity index (χ0v) is 14.2. The second-order valence-electron chi connectivity index (χ2n) is 5.84. The molecule has 5 nitrogen and oxygen atoms in total. The van der Waals surface area contributed by atoms with Crippen LogP contribution in [0.1, 0.15) is 13.8 Å². The van der Waals surface area contributed by atoms with Crippen LogP contribution in [0.5, 0.6) is 0 Å². The van der Waals surface area contributed by atoms with Crippen LogP contribution in [0.4, 0.5) is 10.8 Å². The summed E-state index contributed by atoms with van der Waals surface area (Å²) in [6.07, 6.45) is 0. The third kappa shape index (κ3) is 3.89. The van der Waals surface area contributed by atoms with Gasteiger partial charge in [-0.1, -0.05) is 26.0 Å². The summed E-state index contributed by atoms with van der Waals surface area (Å²) in [4.78, 5) is 18.7. The van der Waals surface area contributed by atoms with E-state index in [0.29, 0.717) is 0 Å². The quantitative estimate of drug-likeness (QED) is 0.934. The Kier molecular flexibility index (Phi) is 4.93. The van der Waals surface area contributed by atoms with Crippen LogP contribution in [0.2, 0.25) is 0 Å². The Morgan fingerprint density at radius 1 is 1.26 bits per heavy atom. The van der Waals surface area contributed by atoms with Crippen molar-refractivity contribution in [3.05, 3.63) is 29.6 Å². The lowest BCUT2D eigenvalue weighted by atomic mass is 10.1. The summed E-state index contributed by atoms with van der Waals surface area (Å²) in [6.45, 7) is 7.08.